The maximum Gasteiger partial charge on any atom is 0.327 e. The minimum absolute atomic E-state index is 0.0173. The second-order valence-corrected chi connectivity index (χ2v) is 8.11. The summed E-state index contributed by atoms with van der Waals surface area (Å²) in [6.07, 6.45) is 1.16. The fraction of sp³-hybridized carbons (Fsp3) is 0.263. The van der Waals surface area contributed by atoms with Gasteiger partial charge in [0.15, 0.2) is 15.6 Å². The minimum Gasteiger partial charge on any atom is -0.465 e. The number of nitrogens with zero attached hydrogens (tertiary/aromatic N) is 2. The van der Waals surface area contributed by atoms with E-state index in [0.717, 1.165) is 11.9 Å². The third-order valence-electron chi connectivity index (χ3n) is 3.89. The van der Waals surface area contributed by atoms with E-state index in [1.165, 1.54) is 4.68 Å². The number of furan rings is 1. The van der Waals surface area contributed by atoms with Gasteiger partial charge < -0.3 is 9.15 Å². The van der Waals surface area contributed by atoms with Crippen LogP contribution in [0.25, 0.3) is 22.8 Å². The molecule has 27 heavy (non-hydrogen) atoms. The lowest BCUT2D eigenvalue weighted by Gasteiger charge is -2.05. The quantitative estimate of drug-likeness (QED) is 0.603. The Labute approximate surface area is 157 Å². The molecule has 3 rings (SSSR count). The molecule has 7 nitrogen and oxygen atoms in total. The average Bonchev–Trinajstić information content (AvgIpc) is 3.21. The first-order chi connectivity index (χ1) is 12.8. The summed E-state index contributed by atoms with van der Waals surface area (Å²) in [5, 5.41) is 4.31. The van der Waals surface area contributed by atoms with Crippen molar-refractivity contribution in [3.8, 4) is 22.8 Å². The molecule has 0 unspecified atom stereocenters. The summed E-state index contributed by atoms with van der Waals surface area (Å²) in [5.41, 5.74) is 2.04. The number of sulfone groups is 1. The second kappa shape index (κ2) is 7.40. The molecule has 3 aromatic rings. The van der Waals surface area contributed by atoms with Crippen molar-refractivity contribution in [2.75, 3.05) is 12.9 Å². The smallest absolute Gasteiger partial charge is 0.327 e. The molecule has 0 aliphatic rings. The van der Waals surface area contributed by atoms with E-state index < -0.39 is 9.84 Å². The zero-order valence-corrected chi connectivity index (χ0v) is 16.1. The number of carbonyl (C=O) groups excluding carboxylic acids is 1. The van der Waals surface area contributed by atoms with Gasteiger partial charge in [-0.15, -0.1) is 0 Å². The maximum atomic E-state index is 11.8. The van der Waals surface area contributed by atoms with E-state index >= 15 is 0 Å². The summed E-state index contributed by atoms with van der Waals surface area (Å²) in [7, 11) is -3.31. The highest BCUT2D eigenvalue weighted by Gasteiger charge is 2.16. The van der Waals surface area contributed by atoms with Crippen molar-refractivity contribution in [3.05, 3.63) is 48.2 Å². The van der Waals surface area contributed by atoms with Crippen molar-refractivity contribution in [2.45, 2.75) is 25.3 Å². The highest BCUT2D eigenvalue weighted by atomic mass is 32.2. The van der Waals surface area contributed by atoms with Crippen molar-refractivity contribution >= 4 is 15.8 Å². The molecule has 0 saturated carbocycles. The van der Waals surface area contributed by atoms with Crippen LogP contribution in [0.3, 0.4) is 0 Å². The van der Waals surface area contributed by atoms with E-state index in [1.807, 2.05) is 13.0 Å². The second-order valence-electron chi connectivity index (χ2n) is 6.10. The highest BCUT2D eigenvalue weighted by molar-refractivity contribution is 7.90. The molecule has 0 fully saturated rings. The van der Waals surface area contributed by atoms with Crippen LogP contribution < -0.4 is 0 Å². The molecule has 0 aliphatic carbocycles. The minimum atomic E-state index is -3.31. The zero-order chi connectivity index (χ0) is 19.6. The van der Waals surface area contributed by atoms with E-state index in [4.69, 9.17) is 9.15 Å². The summed E-state index contributed by atoms with van der Waals surface area (Å²) in [4.78, 5) is 12.0. The molecule has 0 bridgehead atoms. The van der Waals surface area contributed by atoms with Crippen LogP contribution in [-0.2, 0) is 25.9 Å². The third kappa shape index (κ3) is 4.28. The molecule has 0 N–H and O–H groups in total. The fourth-order valence-corrected chi connectivity index (χ4v) is 3.37. The predicted molar refractivity (Wildman–Crippen MR) is 99.8 cm³/mol. The Balaban J connectivity index is 1.94. The van der Waals surface area contributed by atoms with Crippen molar-refractivity contribution in [2.24, 2.45) is 0 Å². The molecular weight excluding hydrogens is 368 g/mol. The van der Waals surface area contributed by atoms with Gasteiger partial charge in [0.25, 0.3) is 0 Å². The summed E-state index contributed by atoms with van der Waals surface area (Å²) in [5.74, 6) is 0.672. The van der Waals surface area contributed by atoms with Crippen LogP contribution in [0.5, 0.6) is 0 Å². The van der Waals surface area contributed by atoms with Crippen LogP contribution in [-0.4, -0.2) is 37.0 Å². The number of benzene rings is 1. The highest BCUT2D eigenvalue weighted by Crippen LogP contribution is 2.30. The van der Waals surface area contributed by atoms with Gasteiger partial charge in [0, 0.05) is 11.8 Å². The molecule has 8 heteroatoms. The predicted octanol–water partition coefficient (Wildman–Crippen LogP) is 3.09. The topological polar surface area (TPSA) is 91.4 Å². The molecule has 142 valence electrons. The monoisotopic (exact) mass is 388 g/mol. The lowest BCUT2D eigenvalue weighted by molar-refractivity contribution is -0.144. The third-order valence-corrected chi connectivity index (χ3v) is 5.00. The molecule has 0 aliphatic heterocycles. The molecule has 0 spiro atoms. The van der Waals surface area contributed by atoms with Gasteiger partial charge in [-0.2, -0.15) is 5.10 Å². The summed E-state index contributed by atoms with van der Waals surface area (Å²) in [6.45, 7) is 3.85. The first-order valence-electron chi connectivity index (χ1n) is 8.38. The van der Waals surface area contributed by atoms with E-state index in [0.29, 0.717) is 29.4 Å². The van der Waals surface area contributed by atoms with Crippen LogP contribution in [0.1, 0.15) is 12.6 Å². The van der Waals surface area contributed by atoms with Gasteiger partial charge in [-0.05, 0) is 44.2 Å². The molecular formula is C19H20N2O5S. The molecule has 1 aromatic carbocycles. The molecule has 2 aromatic heterocycles. The number of aryl methyl sites for hydroxylation is 1. The molecule has 0 saturated heterocycles. The molecule has 2 heterocycles. The largest absolute Gasteiger partial charge is 0.465 e. The Hall–Kier alpha value is -2.87. The fourth-order valence-electron chi connectivity index (χ4n) is 2.70. The summed E-state index contributed by atoms with van der Waals surface area (Å²) < 4.78 is 35.9. The first kappa shape index (κ1) is 18.9. The van der Waals surface area contributed by atoms with Crippen LogP contribution in [0.2, 0.25) is 0 Å². The van der Waals surface area contributed by atoms with Gasteiger partial charge in [-0.3, -0.25) is 9.48 Å². The number of esters is 1. The molecule has 0 radical (unpaired) electrons. The van der Waals surface area contributed by atoms with E-state index in [1.54, 1.807) is 43.3 Å². The lowest BCUT2D eigenvalue weighted by Crippen LogP contribution is -2.15. The van der Waals surface area contributed by atoms with Gasteiger partial charge in [-0.25, -0.2) is 8.42 Å². The SMILES string of the molecule is CCOC(=O)Cn1nc(C)cc1-c1ccc(-c2cccc(S(C)(=O)=O)c2)o1. The standard InChI is InChI=1S/C19H20N2O5S/c1-4-25-19(22)12-21-16(10-13(2)20-21)18-9-8-17(26-18)14-6-5-7-15(11-14)27(3,23)24/h5-11H,4,12H2,1-3H3. The zero-order valence-electron chi connectivity index (χ0n) is 15.3. The molecule has 0 atom stereocenters. The van der Waals surface area contributed by atoms with E-state index in [9.17, 15) is 13.2 Å². The van der Waals surface area contributed by atoms with Gasteiger partial charge >= 0.3 is 5.97 Å². The Kier molecular flexibility index (Phi) is 5.18. The number of aromatic nitrogens is 2. The average molecular weight is 388 g/mol. The number of carbonyl (C=O) groups is 1. The number of hydrogen-bond donors (Lipinski definition) is 0. The number of rotatable bonds is 6. The van der Waals surface area contributed by atoms with Crippen molar-refractivity contribution in [1.82, 2.24) is 9.78 Å². The van der Waals surface area contributed by atoms with Crippen molar-refractivity contribution in [1.29, 1.82) is 0 Å². The van der Waals surface area contributed by atoms with Crippen LogP contribution in [0.4, 0.5) is 0 Å². The van der Waals surface area contributed by atoms with Gasteiger partial charge in [0.2, 0.25) is 0 Å². The van der Waals surface area contributed by atoms with E-state index in [2.05, 4.69) is 5.10 Å². The van der Waals surface area contributed by atoms with Gasteiger partial charge in [0.05, 0.1) is 17.2 Å². The van der Waals surface area contributed by atoms with Gasteiger partial charge in [-0.1, -0.05) is 12.1 Å². The van der Waals surface area contributed by atoms with Crippen LogP contribution in [0, 0.1) is 6.92 Å². The van der Waals surface area contributed by atoms with E-state index in [-0.39, 0.29) is 17.4 Å². The number of ether oxygens (including phenoxy) is 1. The van der Waals surface area contributed by atoms with Crippen molar-refractivity contribution < 1.29 is 22.4 Å². The normalized spacial score (nSPS) is 11.5. The Morgan fingerprint density at radius 1 is 1.19 bits per heavy atom. The number of hydrogen-bond acceptors (Lipinski definition) is 6. The Bertz CT molecular complexity index is 1080. The Morgan fingerprint density at radius 3 is 2.63 bits per heavy atom. The maximum absolute atomic E-state index is 11.8. The lowest BCUT2D eigenvalue weighted by atomic mass is 10.2. The summed E-state index contributed by atoms with van der Waals surface area (Å²) in [6, 6.07) is 11.9. The van der Waals surface area contributed by atoms with Gasteiger partial charge in [0.1, 0.15) is 18.0 Å². The Morgan fingerprint density at radius 2 is 1.93 bits per heavy atom. The first-order valence-corrected chi connectivity index (χ1v) is 10.3. The van der Waals surface area contributed by atoms with Crippen LogP contribution in [0.15, 0.2) is 51.8 Å². The van der Waals surface area contributed by atoms with Crippen LogP contribution >= 0.6 is 0 Å². The summed E-state index contributed by atoms with van der Waals surface area (Å²) >= 11 is 0. The molecule has 0 amide bonds. The van der Waals surface area contributed by atoms with Crippen molar-refractivity contribution in [3.63, 3.8) is 0 Å².